The van der Waals surface area contributed by atoms with Crippen molar-refractivity contribution < 1.29 is 4.92 Å². The van der Waals surface area contributed by atoms with E-state index >= 15 is 0 Å². The molecule has 0 aliphatic heterocycles. The quantitative estimate of drug-likeness (QED) is 0.587. The number of hydrogen-bond donors (Lipinski definition) is 2. The minimum Gasteiger partial charge on any atom is -0.385 e. The molecule has 0 aromatic heterocycles. The minimum atomic E-state index is -0.352. The monoisotopic (exact) mass is 235 g/mol. The number of nitro benzene ring substituents is 1. The Balaban J connectivity index is 2.17. The molecule has 2 rings (SSSR count). The second-order valence-electron chi connectivity index (χ2n) is 4.37. The van der Waals surface area contributed by atoms with Crippen molar-refractivity contribution >= 4 is 17.1 Å². The molecule has 0 spiro atoms. The van der Waals surface area contributed by atoms with Gasteiger partial charge in [-0.2, -0.15) is 0 Å². The highest BCUT2D eigenvalue weighted by atomic mass is 16.6. The number of nitrogens with one attached hydrogen (secondary N) is 2. The van der Waals surface area contributed by atoms with Crippen LogP contribution < -0.4 is 10.6 Å². The number of nitro groups is 1. The van der Waals surface area contributed by atoms with Crippen LogP contribution in [0.25, 0.3) is 0 Å². The van der Waals surface area contributed by atoms with Crippen LogP contribution in [-0.4, -0.2) is 17.5 Å². The molecule has 1 aromatic rings. The first kappa shape index (κ1) is 11.7. The topological polar surface area (TPSA) is 67.2 Å². The van der Waals surface area contributed by atoms with E-state index in [1.54, 1.807) is 12.1 Å². The average Bonchev–Trinajstić information content (AvgIpc) is 3.10. The summed E-state index contributed by atoms with van der Waals surface area (Å²) in [5.74, 6) is 0. The minimum absolute atomic E-state index is 0.134. The average molecular weight is 235 g/mol. The van der Waals surface area contributed by atoms with Crippen molar-refractivity contribution in [2.24, 2.45) is 0 Å². The van der Waals surface area contributed by atoms with Crippen molar-refractivity contribution in [3.05, 3.63) is 28.3 Å². The molecule has 5 nitrogen and oxygen atoms in total. The normalized spacial score (nSPS) is 14.4. The van der Waals surface area contributed by atoms with E-state index in [1.807, 2.05) is 6.07 Å². The van der Waals surface area contributed by atoms with Crippen LogP contribution in [-0.2, 0) is 0 Å². The van der Waals surface area contributed by atoms with Crippen molar-refractivity contribution in [1.29, 1.82) is 0 Å². The molecule has 0 amide bonds. The zero-order valence-electron chi connectivity index (χ0n) is 9.90. The Hall–Kier alpha value is -1.78. The van der Waals surface area contributed by atoms with Crippen LogP contribution in [0.2, 0.25) is 0 Å². The highest BCUT2D eigenvalue weighted by Gasteiger charge is 2.21. The summed E-state index contributed by atoms with van der Waals surface area (Å²) in [5, 5.41) is 17.3. The summed E-state index contributed by atoms with van der Waals surface area (Å²) in [6.07, 6.45) is 3.30. The zero-order chi connectivity index (χ0) is 12.3. The van der Waals surface area contributed by atoms with Crippen LogP contribution >= 0.6 is 0 Å². The number of benzene rings is 1. The van der Waals surface area contributed by atoms with Crippen LogP contribution in [0.4, 0.5) is 17.1 Å². The maximum atomic E-state index is 10.8. The Morgan fingerprint density at radius 2 is 2.06 bits per heavy atom. The zero-order valence-corrected chi connectivity index (χ0v) is 9.90. The van der Waals surface area contributed by atoms with Gasteiger partial charge >= 0.3 is 0 Å². The SMILES string of the molecule is CCCNc1cc(NC2CC2)cc([N+](=O)[O-])c1. The van der Waals surface area contributed by atoms with Crippen molar-refractivity contribution in [1.82, 2.24) is 0 Å². The lowest BCUT2D eigenvalue weighted by molar-refractivity contribution is -0.384. The van der Waals surface area contributed by atoms with E-state index in [9.17, 15) is 10.1 Å². The third-order valence-electron chi connectivity index (χ3n) is 2.66. The first-order valence-corrected chi connectivity index (χ1v) is 5.99. The van der Waals surface area contributed by atoms with E-state index in [1.165, 1.54) is 0 Å². The highest BCUT2D eigenvalue weighted by Crippen LogP contribution is 2.29. The van der Waals surface area contributed by atoms with Crippen LogP contribution in [0.1, 0.15) is 26.2 Å². The molecule has 1 aromatic carbocycles. The third kappa shape index (κ3) is 3.34. The second kappa shape index (κ2) is 5.03. The van der Waals surface area contributed by atoms with Gasteiger partial charge < -0.3 is 10.6 Å². The fourth-order valence-electron chi connectivity index (χ4n) is 1.63. The molecular formula is C12H17N3O2. The second-order valence-corrected chi connectivity index (χ2v) is 4.37. The third-order valence-corrected chi connectivity index (χ3v) is 2.66. The molecule has 92 valence electrons. The van der Waals surface area contributed by atoms with Gasteiger partial charge in [-0.3, -0.25) is 10.1 Å². The Morgan fingerprint density at radius 1 is 1.35 bits per heavy atom. The Morgan fingerprint density at radius 3 is 2.65 bits per heavy atom. The molecule has 2 N–H and O–H groups in total. The van der Waals surface area contributed by atoms with E-state index in [2.05, 4.69) is 17.6 Å². The first-order chi connectivity index (χ1) is 8.19. The summed E-state index contributed by atoms with van der Waals surface area (Å²) < 4.78 is 0. The van der Waals surface area contributed by atoms with Crippen LogP contribution in [0.15, 0.2) is 18.2 Å². The smallest absolute Gasteiger partial charge is 0.273 e. The molecule has 0 radical (unpaired) electrons. The molecule has 17 heavy (non-hydrogen) atoms. The molecule has 0 saturated heterocycles. The largest absolute Gasteiger partial charge is 0.385 e. The Bertz CT molecular complexity index is 416. The van der Waals surface area contributed by atoms with Crippen LogP contribution in [0.5, 0.6) is 0 Å². The van der Waals surface area contributed by atoms with Gasteiger partial charge in [-0.1, -0.05) is 6.92 Å². The van der Waals surface area contributed by atoms with Gasteiger partial charge in [0.05, 0.1) is 4.92 Å². The van der Waals surface area contributed by atoms with Gasteiger partial charge in [0, 0.05) is 36.1 Å². The molecule has 1 aliphatic carbocycles. The summed E-state index contributed by atoms with van der Waals surface area (Å²) in [6.45, 7) is 2.89. The van der Waals surface area contributed by atoms with Crippen LogP contribution in [0.3, 0.4) is 0 Å². The summed E-state index contributed by atoms with van der Waals surface area (Å²) >= 11 is 0. The van der Waals surface area contributed by atoms with E-state index in [-0.39, 0.29) is 10.6 Å². The van der Waals surface area contributed by atoms with E-state index < -0.39 is 0 Å². The molecule has 0 atom stereocenters. The number of nitrogens with zero attached hydrogens (tertiary/aromatic N) is 1. The molecule has 0 bridgehead atoms. The van der Waals surface area contributed by atoms with E-state index in [0.29, 0.717) is 6.04 Å². The lowest BCUT2D eigenvalue weighted by Crippen LogP contribution is -2.04. The van der Waals surface area contributed by atoms with Gasteiger partial charge in [-0.15, -0.1) is 0 Å². The molecular weight excluding hydrogens is 218 g/mol. The van der Waals surface area contributed by atoms with Gasteiger partial charge in [0.25, 0.3) is 5.69 Å². The van der Waals surface area contributed by atoms with Gasteiger partial charge in [-0.25, -0.2) is 0 Å². The summed E-state index contributed by atoms with van der Waals surface area (Å²) in [6, 6.07) is 5.60. The Labute approximate surface area is 100 Å². The van der Waals surface area contributed by atoms with Gasteiger partial charge in [0.2, 0.25) is 0 Å². The standard InChI is InChI=1S/C12H17N3O2/c1-2-5-13-10-6-11(14-9-3-4-9)8-12(7-10)15(16)17/h6-9,13-14H,2-5H2,1H3. The molecule has 1 fully saturated rings. The molecule has 1 saturated carbocycles. The first-order valence-electron chi connectivity index (χ1n) is 5.99. The Kier molecular flexibility index (Phi) is 3.46. The summed E-state index contributed by atoms with van der Waals surface area (Å²) in [4.78, 5) is 10.5. The number of rotatable bonds is 6. The molecule has 1 aliphatic rings. The molecule has 0 unspecified atom stereocenters. The van der Waals surface area contributed by atoms with Gasteiger partial charge in [-0.05, 0) is 25.3 Å². The lowest BCUT2D eigenvalue weighted by atomic mass is 10.2. The molecule has 0 heterocycles. The molecule has 5 heteroatoms. The number of hydrogen-bond acceptors (Lipinski definition) is 4. The van der Waals surface area contributed by atoms with Crippen molar-refractivity contribution in [3.63, 3.8) is 0 Å². The van der Waals surface area contributed by atoms with E-state index in [0.717, 1.165) is 37.2 Å². The maximum absolute atomic E-state index is 10.8. The predicted molar refractivity (Wildman–Crippen MR) is 68.5 cm³/mol. The number of non-ortho nitro benzene ring substituents is 1. The van der Waals surface area contributed by atoms with Gasteiger partial charge in [0.15, 0.2) is 0 Å². The van der Waals surface area contributed by atoms with Crippen molar-refractivity contribution in [2.45, 2.75) is 32.2 Å². The maximum Gasteiger partial charge on any atom is 0.273 e. The summed E-state index contributed by atoms with van der Waals surface area (Å²) in [5.41, 5.74) is 1.78. The van der Waals surface area contributed by atoms with E-state index in [4.69, 9.17) is 0 Å². The summed E-state index contributed by atoms with van der Waals surface area (Å²) in [7, 11) is 0. The van der Waals surface area contributed by atoms with Crippen molar-refractivity contribution in [3.8, 4) is 0 Å². The van der Waals surface area contributed by atoms with Crippen molar-refractivity contribution in [2.75, 3.05) is 17.2 Å². The van der Waals surface area contributed by atoms with Gasteiger partial charge in [0.1, 0.15) is 0 Å². The highest BCUT2D eigenvalue weighted by molar-refractivity contribution is 5.64. The number of anilines is 2. The predicted octanol–water partition coefficient (Wildman–Crippen LogP) is 2.99. The fraction of sp³-hybridized carbons (Fsp3) is 0.500. The lowest BCUT2D eigenvalue weighted by Gasteiger charge is -2.09. The van der Waals surface area contributed by atoms with Crippen LogP contribution in [0, 0.1) is 10.1 Å². The fourth-order valence-corrected chi connectivity index (χ4v) is 1.63.